The Labute approximate surface area is 189 Å². The molecule has 0 aliphatic carbocycles. The molecule has 3 aromatic rings. The number of amides is 1. The predicted octanol–water partition coefficient (Wildman–Crippen LogP) is 4.59. The summed E-state index contributed by atoms with van der Waals surface area (Å²) in [7, 11) is 3.28. The molecule has 1 N–H and O–H groups in total. The summed E-state index contributed by atoms with van der Waals surface area (Å²) in [4.78, 5) is 18.9. The molecule has 0 aliphatic rings. The van der Waals surface area contributed by atoms with Gasteiger partial charge < -0.3 is 19.2 Å². The van der Waals surface area contributed by atoms with E-state index in [9.17, 15) is 4.79 Å². The number of oxazole rings is 1. The maximum absolute atomic E-state index is 12.3. The number of benzene rings is 2. The minimum Gasteiger partial charge on any atom is -0.497 e. The van der Waals surface area contributed by atoms with Crippen molar-refractivity contribution in [2.24, 2.45) is 0 Å². The molecule has 7 heteroatoms. The van der Waals surface area contributed by atoms with E-state index in [-0.39, 0.29) is 23.7 Å². The molecule has 7 nitrogen and oxygen atoms in total. The minimum absolute atomic E-state index is 0.0276. The van der Waals surface area contributed by atoms with Gasteiger partial charge in [-0.05, 0) is 32.4 Å². The number of rotatable bonds is 10. The molecule has 0 radical (unpaired) electrons. The molecule has 0 bridgehead atoms. The molecule has 0 aliphatic heterocycles. The van der Waals surface area contributed by atoms with Crippen LogP contribution in [0.5, 0.6) is 11.5 Å². The average Bonchev–Trinajstić information content (AvgIpc) is 3.27. The van der Waals surface area contributed by atoms with Gasteiger partial charge in [0, 0.05) is 30.3 Å². The van der Waals surface area contributed by atoms with Gasteiger partial charge in [0.05, 0.1) is 20.8 Å². The maximum atomic E-state index is 12.3. The van der Waals surface area contributed by atoms with Gasteiger partial charge in [-0.1, -0.05) is 36.4 Å². The summed E-state index contributed by atoms with van der Waals surface area (Å²) in [6, 6.07) is 16.1. The standard InChI is InChI=1S/C25H31N3O4/c1-17(2)26-25(29)22-16-32-24(27-22)15-28(18(3)19-9-7-6-8-10-19)14-20-11-12-21(30-4)13-23(20)31-5/h6-13,16-18H,14-15H2,1-5H3,(H,26,29)/t18-/m1/s1. The second kappa shape index (κ2) is 10.8. The maximum Gasteiger partial charge on any atom is 0.273 e. The highest BCUT2D eigenvalue weighted by Gasteiger charge is 2.22. The number of carbonyl (C=O) groups is 1. The highest BCUT2D eigenvalue weighted by molar-refractivity contribution is 5.92. The van der Waals surface area contributed by atoms with Crippen LogP contribution in [0.3, 0.4) is 0 Å². The summed E-state index contributed by atoms with van der Waals surface area (Å²) < 4.78 is 16.6. The van der Waals surface area contributed by atoms with Crippen molar-refractivity contribution in [1.82, 2.24) is 15.2 Å². The molecule has 3 rings (SSSR count). The van der Waals surface area contributed by atoms with E-state index >= 15 is 0 Å². The monoisotopic (exact) mass is 437 g/mol. The van der Waals surface area contributed by atoms with Crippen LogP contribution in [0.25, 0.3) is 0 Å². The van der Waals surface area contributed by atoms with E-state index < -0.39 is 0 Å². The first kappa shape index (κ1) is 23.3. The fourth-order valence-corrected chi connectivity index (χ4v) is 3.47. The van der Waals surface area contributed by atoms with Crippen molar-refractivity contribution >= 4 is 5.91 Å². The van der Waals surface area contributed by atoms with Gasteiger partial charge in [-0.3, -0.25) is 9.69 Å². The van der Waals surface area contributed by atoms with Crippen LogP contribution in [0.1, 0.15) is 54.3 Å². The zero-order valence-corrected chi connectivity index (χ0v) is 19.3. The number of carbonyl (C=O) groups excluding carboxylic acids is 1. The Kier molecular flexibility index (Phi) is 7.89. The van der Waals surface area contributed by atoms with Gasteiger partial charge in [0.25, 0.3) is 5.91 Å². The lowest BCUT2D eigenvalue weighted by Gasteiger charge is -2.29. The second-order valence-corrected chi connectivity index (χ2v) is 7.92. The lowest BCUT2D eigenvalue weighted by molar-refractivity contribution is 0.0938. The Balaban J connectivity index is 1.87. The SMILES string of the molecule is COc1ccc(CN(Cc2nc(C(=O)NC(C)C)co2)[C@H](C)c2ccccc2)c(OC)c1. The van der Waals surface area contributed by atoms with Crippen LogP contribution in [-0.2, 0) is 13.1 Å². The number of nitrogens with one attached hydrogen (secondary N) is 1. The Morgan fingerprint density at radius 1 is 1.06 bits per heavy atom. The van der Waals surface area contributed by atoms with Crippen LogP contribution in [0, 0.1) is 0 Å². The quantitative estimate of drug-likeness (QED) is 0.500. The topological polar surface area (TPSA) is 76.8 Å². The third-order valence-corrected chi connectivity index (χ3v) is 5.24. The zero-order valence-electron chi connectivity index (χ0n) is 19.3. The molecular weight excluding hydrogens is 406 g/mol. The van der Waals surface area contributed by atoms with Gasteiger partial charge >= 0.3 is 0 Å². The smallest absolute Gasteiger partial charge is 0.273 e. The number of hydrogen-bond donors (Lipinski definition) is 1. The zero-order chi connectivity index (χ0) is 23.1. The lowest BCUT2D eigenvalue weighted by Crippen LogP contribution is -2.30. The molecule has 1 aromatic heterocycles. The molecule has 0 spiro atoms. The summed E-state index contributed by atoms with van der Waals surface area (Å²) in [6.07, 6.45) is 1.41. The van der Waals surface area contributed by atoms with Crippen molar-refractivity contribution in [3.8, 4) is 11.5 Å². The summed E-state index contributed by atoms with van der Waals surface area (Å²) in [5.41, 5.74) is 2.47. The van der Waals surface area contributed by atoms with Crippen LogP contribution >= 0.6 is 0 Å². The fraction of sp³-hybridized carbons (Fsp3) is 0.360. The molecule has 1 amide bonds. The molecule has 1 atom stereocenters. The predicted molar refractivity (Wildman–Crippen MR) is 123 cm³/mol. The number of aromatic nitrogens is 1. The molecule has 0 saturated carbocycles. The van der Waals surface area contributed by atoms with Crippen LogP contribution in [0.4, 0.5) is 0 Å². The first-order valence-corrected chi connectivity index (χ1v) is 10.7. The number of methoxy groups -OCH3 is 2. The molecule has 0 fully saturated rings. The first-order valence-electron chi connectivity index (χ1n) is 10.7. The third kappa shape index (κ3) is 5.88. The van der Waals surface area contributed by atoms with E-state index in [1.165, 1.54) is 11.8 Å². The summed E-state index contributed by atoms with van der Waals surface area (Å²) >= 11 is 0. The Morgan fingerprint density at radius 2 is 1.81 bits per heavy atom. The third-order valence-electron chi connectivity index (χ3n) is 5.24. The van der Waals surface area contributed by atoms with Crippen LogP contribution < -0.4 is 14.8 Å². The Hall–Kier alpha value is -3.32. The van der Waals surface area contributed by atoms with Gasteiger partial charge in [0.1, 0.15) is 17.8 Å². The van der Waals surface area contributed by atoms with E-state index in [1.54, 1.807) is 14.2 Å². The van der Waals surface area contributed by atoms with E-state index in [0.29, 0.717) is 19.0 Å². The van der Waals surface area contributed by atoms with Crippen LogP contribution in [0.2, 0.25) is 0 Å². The van der Waals surface area contributed by atoms with Gasteiger partial charge in [-0.15, -0.1) is 0 Å². The van der Waals surface area contributed by atoms with Crippen molar-refractivity contribution in [3.63, 3.8) is 0 Å². The molecular formula is C25H31N3O4. The highest BCUT2D eigenvalue weighted by Crippen LogP contribution is 2.30. The Bertz CT molecular complexity index is 1020. The van der Waals surface area contributed by atoms with Crippen molar-refractivity contribution in [1.29, 1.82) is 0 Å². The molecule has 32 heavy (non-hydrogen) atoms. The van der Waals surface area contributed by atoms with Crippen LogP contribution in [-0.4, -0.2) is 36.1 Å². The largest absolute Gasteiger partial charge is 0.497 e. The van der Waals surface area contributed by atoms with E-state index in [4.69, 9.17) is 13.9 Å². The van der Waals surface area contributed by atoms with Crippen molar-refractivity contribution in [2.45, 2.75) is 45.9 Å². The number of nitrogens with zero attached hydrogens (tertiary/aromatic N) is 2. The van der Waals surface area contributed by atoms with Crippen LogP contribution in [0.15, 0.2) is 59.2 Å². The number of hydrogen-bond acceptors (Lipinski definition) is 6. The van der Waals surface area contributed by atoms with E-state index in [1.807, 2.05) is 50.2 Å². The molecule has 0 saturated heterocycles. The van der Waals surface area contributed by atoms with Crippen molar-refractivity contribution < 1.29 is 18.7 Å². The molecule has 170 valence electrons. The summed E-state index contributed by atoms with van der Waals surface area (Å²) in [5, 5.41) is 2.84. The first-order chi connectivity index (χ1) is 15.4. The van der Waals surface area contributed by atoms with Crippen molar-refractivity contribution in [2.75, 3.05) is 14.2 Å². The molecule has 1 heterocycles. The summed E-state index contributed by atoms with van der Waals surface area (Å²) in [6.45, 7) is 6.98. The normalized spacial score (nSPS) is 12.1. The minimum atomic E-state index is -0.241. The highest BCUT2D eigenvalue weighted by atomic mass is 16.5. The van der Waals surface area contributed by atoms with Gasteiger partial charge in [-0.25, -0.2) is 4.98 Å². The molecule has 0 unspecified atom stereocenters. The average molecular weight is 438 g/mol. The second-order valence-electron chi connectivity index (χ2n) is 7.92. The van der Waals surface area contributed by atoms with Crippen molar-refractivity contribution in [3.05, 3.63) is 77.5 Å². The van der Waals surface area contributed by atoms with Gasteiger partial charge in [0.2, 0.25) is 5.89 Å². The van der Waals surface area contributed by atoms with E-state index in [2.05, 4.69) is 34.3 Å². The Morgan fingerprint density at radius 3 is 2.47 bits per heavy atom. The molecule has 2 aromatic carbocycles. The lowest BCUT2D eigenvalue weighted by atomic mass is 10.1. The van der Waals surface area contributed by atoms with Gasteiger partial charge in [0.15, 0.2) is 5.69 Å². The van der Waals surface area contributed by atoms with E-state index in [0.717, 1.165) is 17.1 Å². The number of ether oxygens (including phenoxy) is 2. The fourth-order valence-electron chi connectivity index (χ4n) is 3.47. The summed E-state index contributed by atoms with van der Waals surface area (Å²) in [5.74, 6) is 1.73. The van der Waals surface area contributed by atoms with Gasteiger partial charge in [-0.2, -0.15) is 0 Å².